The van der Waals surface area contributed by atoms with E-state index in [9.17, 15) is 0 Å². The van der Waals surface area contributed by atoms with E-state index >= 15 is 0 Å². The molecule has 0 aromatic rings. The van der Waals surface area contributed by atoms with E-state index in [1.807, 2.05) is 0 Å². The van der Waals surface area contributed by atoms with Crippen LogP contribution in [0.3, 0.4) is 0 Å². The van der Waals surface area contributed by atoms with Crippen molar-refractivity contribution in [2.75, 3.05) is 11.8 Å². The highest BCUT2D eigenvalue weighted by Gasteiger charge is 2.24. The van der Waals surface area contributed by atoms with Crippen LogP contribution in [-0.2, 0) is 4.12 Å². The van der Waals surface area contributed by atoms with Gasteiger partial charge in [-0.05, 0) is 39.3 Å². The second kappa shape index (κ2) is 8.09. The van der Waals surface area contributed by atoms with Gasteiger partial charge in [0.25, 0.3) is 0 Å². The van der Waals surface area contributed by atoms with Gasteiger partial charge in [0.05, 0.1) is 6.10 Å². The Balaban J connectivity index is 0. The summed E-state index contributed by atoms with van der Waals surface area (Å²) in [5.41, 5.74) is 0. The van der Waals surface area contributed by atoms with E-state index < -0.39 is 22.7 Å². The summed E-state index contributed by atoms with van der Waals surface area (Å²) in [5.74, 6) is 0.451. The minimum absolute atomic E-state index is 0.226. The molecule has 6 heteroatoms. The molecule has 0 aliphatic rings. The molecule has 0 bridgehead atoms. The summed E-state index contributed by atoms with van der Waals surface area (Å²) in [6, 6.07) is 0. The molecule has 94 valence electrons. The smallest absolute Gasteiger partial charge is 0.170 e. The van der Waals surface area contributed by atoms with E-state index in [1.165, 1.54) is 0 Å². The maximum Gasteiger partial charge on any atom is 0.170 e. The van der Waals surface area contributed by atoms with Gasteiger partial charge in [-0.3, -0.25) is 0 Å². The predicted octanol–water partition coefficient (Wildman–Crippen LogP) is 3.50. The van der Waals surface area contributed by atoms with Gasteiger partial charge in [-0.15, -0.1) is 23.2 Å². The Kier molecular flexibility index (Phi) is 9.87. The zero-order valence-corrected chi connectivity index (χ0v) is 14.1. The van der Waals surface area contributed by atoms with Crippen molar-refractivity contribution in [1.29, 1.82) is 0 Å². The molecule has 0 aliphatic carbocycles. The lowest BCUT2D eigenvalue weighted by Crippen LogP contribution is -2.39. The molecule has 15 heavy (non-hydrogen) atoms. The summed E-state index contributed by atoms with van der Waals surface area (Å²) in [6.07, 6.45) is -0.534. The quantitative estimate of drug-likeness (QED) is 0.634. The Bertz CT molecular complexity index is 139. The maximum atomic E-state index is 8.40. The fourth-order valence-corrected chi connectivity index (χ4v) is 8.64. The Morgan fingerprint density at radius 1 is 0.933 bits per heavy atom. The molecule has 0 rings (SSSR count). The summed E-state index contributed by atoms with van der Waals surface area (Å²) >= 11 is 10.2. The van der Waals surface area contributed by atoms with E-state index in [0.717, 1.165) is 0 Å². The molecule has 0 radical (unpaired) electrons. The Morgan fingerprint density at radius 3 is 1.20 bits per heavy atom. The Labute approximate surface area is 106 Å². The van der Waals surface area contributed by atoms with Crippen LogP contribution in [0.15, 0.2) is 0 Å². The van der Waals surface area contributed by atoms with Crippen LogP contribution in [0.5, 0.6) is 0 Å². The molecule has 0 amide bonds. The number of hydrogen-bond donors (Lipinski definition) is 1. The summed E-state index contributed by atoms with van der Waals surface area (Å²) in [5, 5.41) is 8.40. The van der Waals surface area contributed by atoms with Gasteiger partial charge < -0.3 is 9.22 Å². The van der Waals surface area contributed by atoms with E-state index in [0.29, 0.717) is 0 Å². The van der Waals surface area contributed by atoms with Gasteiger partial charge in [0.2, 0.25) is 0 Å². The number of halogens is 2. The zero-order chi connectivity index (χ0) is 12.7. The first-order chi connectivity index (χ1) is 6.52. The van der Waals surface area contributed by atoms with Crippen LogP contribution in [0.4, 0.5) is 0 Å². The Hall–Kier alpha value is 0.934. The van der Waals surface area contributed by atoms with Crippen molar-refractivity contribution in [3.63, 3.8) is 0 Å². The molecule has 0 atom stereocenters. The van der Waals surface area contributed by atoms with Crippen molar-refractivity contribution in [1.82, 2.24) is 0 Å². The van der Waals surface area contributed by atoms with Gasteiger partial charge in [0, 0.05) is 11.8 Å². The number of rotatable bonds is 4. The highest BCUT2D eigenvalue weighted by atomic mass is 35.5. The highest BCUT2D eigenvalue weighted by Crippen LogP contribution is 2.12. The zero-order valence-electron chi connectivity index (χ0n) is 10.6. The lowest BCUT2D eigenvalue weighted by molar-refractivity contribution is 0.222. The van der Waals surface area contributed by atoms with Crippen LogP contribution in [0.2, 0.25) is 39.3 Å². The maximum absolute atomic E-state index is 8.40. The molecular weight excluding hydrogens is 267 g/mol. The standard InChI is InChI=1S/C6H18OSi2.C3H6Cl2O/c1-8(2,3)7-9(4,5)6;4-1-3(6)2-5/h1-6H3;3,6H,1-2H2. The molecule has 0 saturated heterocycles. The fraction of sp³-hybridized carbons (Fsp3) is 1.00. The minimum atomic E-state index is -1.23. The van der Waals surface area contributed by atoms with Crippen LogP contribution in [0.25, 0.3) is 0 Å². The SMILES string of the molecule is C[Si](C)(C)O[Si](C)(C)C.OC(CCl)CCl. The third-order valence-electron chi connectivity index (χ3n) is 0.969. The Morgan fingerprint density at radius 2 is 1.20 bits per heavy atom. The first kappa shape index (κ1) is 18.3. The topological polar surface area (TPSA) is 29.5 Å². The normalized spacial score (nSPS) is 12.4. The van der Waals surface area contributed by atoms with Crippen molar-refractivity contribution in [3.05, 3.63) is 0 Å². The van der Waals surface area contributed by atoms with Crippen molar-refractivity contribution in [2.24, 2.45) is 0 Å². The molecule has 0 unspecified atom stereocenters. The van der Waals surface area contributed by atoms with E-state index in [4.69, 9.17) is 32.4 Å². The number of hydrogen-bond acceptors (Lipinski definition) is 2. The number of alkyl halides is 2. The van der Waals surface area contributed by atoms with Gasteiger partial charge in [0.15, 0.2) is 16.6 Å². The number of aliphatic hydroxyl groups excluding tert-OH is 1. The summed E-state index contributed by atoms with van der Waals surface area (Å²) in [4.78, 5) is 0. The van der Waals surface area contributed by atoms with Crippen molar-refractivity contribution >= 4 is 39.8 Å². The van der Waals surface area contributed by atoms with Gasteiger partial charge in [-0.1, -0.05) is 0 Å². The van der Waals surface area contributed by atoms with Gasteiger partial charge in [-0.2, -0.15) is 0 Å². The second-order valence-electron chi connectivity index (χ2n) is 5.29. The van der Waals surface area contributed by atoms with Crippen molar-refractivity contribution in [2.45, 2.75) is 45.4 Å². The monoisotopic (exact) mass is 290 g/mol. The third kappa shape index (κ3) is 20.9. The average Bonchev–Trinajstić information content (AvgIpc) is 1.97. The molecule has 0 aliphatic heterocycles. The third-order valence-corrected chi connectivity index (χ3v) is 6.58. The lowest BCUT2D eigenvalue weighted by Gasteiger charge is -2.27. The molecule has 0 aromatic carbocycles. The molecule has 0 spiro atoms. The van der Waals surface area contributed by atoms with Gasteiger partial charge in [-0.25, -0.2) is 0 Å². The molecular formula is C9H24Cl2O2Si2. The first-order valence-electron chi connectivity index (χ1n) is 5.02. The van der Waals surface area contributed by atoms with E-state index in [1.54, 1.807) is 0 Å². The first-order valence-corrected chi connectivity index (χ1v) is 12.9. The molecule has 0 heterocycles. The van der Waals surface area contributed by atoms with Gasteiger partial charge >= 0.3 is 0 Å². The second-order valence-corrected chi connectivity index (χ2v) is 15.2. The van der Waals surface area contributed by atoms with Crippen LogP contribution in [0, 0.1) is 0 Å². The highest BCUT2D eigenvalue weighted by molar-refractivity contribution is 6.83. The lowest BCUT2D eigenvalue weighted by atomic mass is 10.5. The molecule has 0 fully saturated rings. The van der Waals surface area contributed by atoms with Crippen LogP contribution in [-0.4, -0.2) is 39.6 Å². The summed E-state index contributed by atoms with van der Waals surface area (Å²) < 4.78 is 5.90. The minimum Gasteiger partial charge on any atom is -0.456 e. The largest absolute Gasteiger partial charge is 0.456 e. The van der Waals surface area contributed by atoms with E-state index in [-0.39, 0.29) is 11.8 Å². The van der Waals surface area contributed by atoms with Crippen molar-refractivity contribution < 1.29 is 9.22 Å². The van der Waals surface area contributed by atoms with E-state index in [2.05, 4.69) is 39.3 Å². The van der Waals surface area contributed by atoms with Gasteiger partial charge in [0.1, 0.15) is 0 Å². The number of aliphatic hydroxyl groups is 1. The predicted molar refractivity (Wildman–Crippen MR) is 75.2 cm³/mol. The van der Waals surface area contributed by atoms with Crippen molar-refractivity contribution in [3.8, 4) is 0 Å². The van der Waals surface area contributed by atoms with Crippen LogP contribution < -0.4 is 0 Å². The molecule has 0 aromatic heterocycles. The van der Waals surface area contributed by atoms with Crippen LogP contribution >= 0.6 is 23.2 Å². The molecule has 2 nitrogen and oxygen atoms in total. The summed E-state index contributed by atoms with van der Waals surface area (Å²) in [7, 11) is -2.46. The summed E-state index contributed by atoms with van der Waals surface area (Å²) in [6.45, 7) is 13.4. The molecule has 1 N–H and O–H groups in total. The fourth-order valence-electron chi connectivity index (χ4n) is 0.960. The average molecular weight is 291 g/mol. The van der Waals surface area contributed by atoms with Crippen LogP contribution in [0.1, 0.15) is 0 Å². The molecule has 0 saturated carbocycles.